The summed E-state index contributed by atoms with van der Waals surface area (Å²) in [6.45, 7) is -5.12. The number of hydrogen-bond acceptors (Lipinski definition) is 19. The Hall–Kier alpha value is -4.91. The van der Waals surface area contributed by atoms with Gasteiger partial charge < -0.3 is 35.3 Å². The second-order valence-corrected chi connectivity index (χ2v) is 22.0. The smallest absolute Gasteiger partial charge is 0.472 e. The number of aromatic amines is 1. The number of aromatic nitrogens is 6. The van der Waals surface area contributed by atoms with Crippen LogP contribution in [-0.2, 0) is 42.5 Å². The lowest BCUT2D eigenvalue weighted by Gasteiger charge is -2.29. The summed E-state index contributed by atoms with van der Waals surface area (Å²) in [6, 6.07) is 13.7. The number of ether oxygens (including phenoxy) is 4. The Labute approximate surface area is 402 Å². The molecule has 10 atom stereocenters. The molecule has 70 heavy (non-hydrogen) atoms. The summed E-state index contributed by atoms with van der Waals surface area (Å²) in [4.78, 5) is 62.4. The molecule has 0 saturated carbocycles. The van der Waals surface area contributed by atoms with Crippen molar-refractivity contribution < 1.29 is 64.6 Å². The van der Waals surface area contributed by atoms with E-state index in [0.29, 0.717) is 33.9 Å². The minimum absolute atomic E-state index is 0.0156. The maximum atomic E-state index is 16.5. The summed E-state index contributed by atoms with van der Waals surface area (Å²) in [7, 11) is -5.24. The van der Waals surface area contributed by atoms with Crippen LogP contribution in [0.2, 0.25) is 0 Å². The van der Waals surface area contributed by atoms with E-state index < -0.39 is 94.3 Å². The van der Waals surface area contributed by atoms with Gasteiger partial charge in [-0.2, -0.15) is 0 Å². The van der Waals surface area contributed by atoms with Crippen LogP contribution in [0.25, 0.3) is 11.2 Å². The number of esters is 1. The van der Waals surface area contributed by atoms with E-state index in [-0.39, 0.29) is 34.0 Å². The lowest BCUT2D eigenvalue weighted by atomic mass is 10.1. The van der Waals surface area contributed by atoms with Gasteiger partial charge >= 0.3 is 26.3 Å². The number of nitrogens with one attached hydrogen (secondary N) is 1. The number of H-pyrrole nitrogens is 1. The zero-order valence-corrected chi connectivity index (χ0v) is 40.0. The predicted octanol–water partition coefficient (Wildman–Crippen LogP) is 6.07. The molecule has 0 aliphatic carbocycles. The van der Waals surface area contributed by atoms with Crippen LogP contribution in [0.3, 0.4) is 0 Å². The van der Waals surface area contributed by atoms with E-state index in [0.717, 1.165) is 55.4 Å². The summed E-state index contributed by atoms with van der Waals surface area (Å²) < 4.78 is 109. The van der Waals surface area contributed by atoms with E-state index in [9.17, 15) is 28.4 Å². The molecule has 5 aromatic rings. The Morgan fingerprint density at radius 1 is 0.814 bits per heavy atom. The number of carbonyl (C=O) groups is 1. The lowest BCUT2D eigenvalue weighted by molar-refractivity contribution is -0.0619. The van der Waals surface area contributed by atoms with Crippen LogP contribution >= 0.6 is 26.0 Å². The molecule has 6 heterocycles. The number of carbonyl (C=O) groups excluding carboxylic acids is 1. The molecule has 0 radical (unpaired) electrons. The van der Waals surface area contributed by atoms with Gasteiger partial charge in [0.1, 0.15) is 47.8 Å². The first-order chi connectivity index (χ1) is 33.7. The maximum Gasteiger partial charge on any atom is 0.472 e. The average Bonchev–Trinajstić information content (AvgIpc) is 4.00. The fourth-order valence-electron chi connectivity index (χ4n) is 7.96. The molecular formula is C43H52F2N8O14P2S. The zero-order valence-electron chi connectivity index (χ0n) is 37.4. The molecule has 0 spiro atoms. The number of rotatable bonds is 18. The molecule has 27 heteroatoms. The number of halogens is 2. The number of alkyl halides is 2. The van der Waals surface area contributed by atoms with Crippen molar-refractivity contribution in [3.8, 4) is 11.5 Å². The topological polar surface area (TPSA) is 296 Å². The monoisotopic (exact) mass is 1040 g/mol. The van der Waals surface area contributed by atoms with Crippen molar-refractivity contribution in [1.29, 1.82) is 0 Å². The molecule has 3 aromatic heterocycles. The van der Waals surface area contributed by atoms with Gasteiger partial charge in [0.15, 0.2) is 36.3 Å². The van der Waals surface area contributed by atoms with E-state index in [1.165, 1.54) is 44.1 Å². The maximum absolute atomic E-state index is 16.5. The number of fused-ring (bicyclic) bond motifs is 3. The van der Waals surface area contributed by atoms with Crippen molar-refractivity contribution in [3.05, 3.63) is 105 Å². The van der Waals surface area contributed by atoms with Crippen molar-refractivity contribution in [1.82, 2.24) is 29.1 Å². The van der Waals surface area contributed by atoms with E-state index in [2.05, 4.69) is 15.0 Å². The van der Waals surface area contributed by atoms with Crippen molar-refractivity contribution in [3.63, 3.8) is 0 Å². The Morgan fingerprint density at radius 3 is 2.13 bits per heavy atom. The predicted molar refractivity (Wildman–Crippen MR) is 248 cm³/mol. The highest BCUT2D eigenvalue weighted by Crippen LogP contribution is 2.65. The normalized spacial score (nSPS) is 28.1. The quantitative estimate of drug-likeness (QED) is 0.0335. The van der Waals surface area contributed by atoms with Crippen LogP contribution < -0.4 is 32.2 Å². The number of unbranched alkanes of at least 4 members (excludes halogenated alkanes) is 7. The van der Waals surface area contributed by atoms with Crippen molar-refractivity contribution in [2.75, 3.05) is 32.1 Å². The van der Waals surface area contributed by atoms with E-state index in [1.807, 2.05) is 4.98 Å². The van der Waals surface area contributed by atoms with Crippen LogP contribution in [-0.4, -0.2) is 103 Å². The fourth-order valence-corrected chi connectivity index (χ4v) is 12.3. The van der Waals surface area contributed by atoms with Crippen molar-refractivity contribution >= 4 is 49.0 Å². The summed E-state index contributed by atoms with van der Waals surface area (Å²) >= 11 is 0.593. The van der Waals surface area contributed by atoms with Gasteiger partial charge in [-0.1, -0.05) is 50.7 Å². The number of hydrogen-bond donors (Lipinski definition) is 4. The first kappa shape index (κ1) is 51.4. The average molecular weight is 1040 g/mol. The SMILES string of the molecule is NCCCCCCCCCCOc1ccc(C(=O)Oc2ccc(CSP3(=O)OC[C@H]4O[C@@H](n5cnc6c(N)ncnc65)[C@H](F)[C@@H]4OP(=O)(O)OC[C@H]4O[C@@H](n5ccc(=O)[nH]c5=O)[C@H](F)[C@@H]4O3)cc2)cc1. The number of phosphoric ester groups is 1. The molecule has 2 unspecified atom stereocenters. The fraction of sp³-hybridized carbons (Fsp3) is 0.488. The molecule has 2 aromatic carbocycles. The van der Waals surface area contributed by atoms with E-state index in [1.54, 1.807) is 36.4 Å². The standard InChI is InChI=1S/C43H52F2N8O14P2S/c44-33-36-31(65-41(33)53-25-50-35-38(47)48-24-49-39(35)53)22-62-69(59,67-37-30(21-61-68(57,58)66-36)64-40(34(37)45)52-19-17-32(54)51-43(52)56)70-23-26-9-13-29(14-10-26)63-42(55)27-11-15-28(16-12-27)60-20-8-6-4-2-1-3-5-7-18-46/h9-17,19,24-25,30-31,33-34,36-37,40-41H,1-8,18,20-23,46H2,(H,57,58)(H2,47,48,49)(H,51,54,56)/t30-,31-,33-,34-,36-,37-,40-,41-,69?/m1/s1. The van der Waals surface area contributed by atoms with Gasteiger partial charge in [-0.3, -0.25) is 37.0 Å². The molecule has 6 N–H and O–H groups in total. The Kier molecular flexibility index (Phi) is 17.0. The van der Waals surface area contributed by atoms with E-state index in [4.69, 9.17) is 48.5 Å². The highest BCUT2D eigenvalue weighted by molar-refractivity contribution is 8.54. The van der Waals surface area contributed by atoms with Crippen LogP contribution in [0.4, 0.5) is 14.6 Å². The number of phosphoric acid groups is 1. The number of nitrogen functional groups attached to an aromatic ring is 1. The van der Waals surface area contributed by atoms with Crippen LogP contribution in [0.5, 0.6) is 11.5 Å². The van der Waals surface area contributed by atoms with Crippen LogP contribution in [0, 0.1) is 0 Å². The van der Waals surface area contributed by atoms with Gasteiger partial charge in [0.25, 0.3) is 5.56 Å². The first-order valence-electron chi connectivity index (χ1n) is 22.5. The minimum atomic E-state index is -5.24. The van der Waals surface area contributed by atoms with Gasteiger partial charge in [0.05, 0.1) is 31.7 Å². The summed E-state index contributed by atoms with van der Waals surface area (Å²) in [6.07, 6.45) is -2.77. The Morgan fingerprint density at radius 2 is 1.44 bits per heavy atom. The summed E-state index contributed by atoms with van der Waals surface area (Å²) in [5.74, 6) is 0.0667. The number of anilines is 1. The number of imidazole rings is 1. The number of benzene rings is 2. The number of nitrogens with two attached hydrogens (primary N) is 2. The third-order valence-electron chi connectivity index (χ3n) is 11.6. The second kappa shape index (κ2) is 23.1. The molecule has 378 valence electrons. The minimum Gasteiger partial charge on any atom is -0.494 e. The third kappa shape index (κ3) is 12.6. The molecule has 3 saturated heterocycles. The summed E-state index contributed by atoms with van der Waals surface area (Å²) in [5, 5.41) is 0. The van der Waals surface area contributed by atoms with E-state index >= 15 is 8.78 Å². The summed E-state index contributed by atoms with van der Waals surface area (Å²) in [5.41, 5.74) is 10.6. The Bertz CT molecular complexity index is 2790. The molecular weight excluding hydrogens is 985 g/mol. The van der Waals surface area contributed by atoms with Gasteiger partial charge in [-0.15, -0.1) is 0 Å². The molecule has 8 rings (SSSR count). The molecule has 0 amide bonds. The third-order valence-corrected chi connectivity index (χ3v) is 16.2. The van der Waals surface area contributed by atoms with Crippen LogP contribution in [0.1, 0.15) is 79.7 Å². The van der Waals surface area contributed by atoms with Gasteiger partial charge in [0, 0.05) is 18.0 Å². The van der Waals surface area contributed by atoms with Crippen molar-refractivity contribution in [2.45, 2.75) is 106 Å². The van der Waals surface area contributed by atoms with Crippen molar-refractivity contribution in [2.24, 2.45) is 5.73 Å². The number of nitrogens with zero attached hydrogens (tertiary/aromatic N) is 5. The highest BCUT2D eigenvalue weighted by atomic mass is 32.7. The largest absolute Gasteiger partial charge is 0.494 e. The first-order valence-corrected chi connectivity index (χ1v) is 27.1. The molecule has 22 nitrogen and oxygen atoms in total. The molecule has 3 aliphatic rings. The lowest BCUT2D eigenvalue weighted by Crippen LogP contribution is -2.38. The van der Waals surface area contributed by atoms with Gasteiger partial charge in [-0.05, 0) is 72.7 Å². The zero-order chi connectivity index (χ0) is 49.4. The Balaban J connectivity index is 0.940. The van der Waals surface area contributed by atoms with Crippen LogP contribution in [0.15, 0.2) is 83.0 Å². The second-order valence-electron chi connectivity index (χ2n) is 16.6. The highest BCUT2D eigenvalue weighted by Gasteiger charge is 2.55. The molecule has 3 aliphatic heterocycles. The molecule has 0 bridgehead atoms. The van der Waals surface area contributed by atoms with Gasteiger partial charge in [0.2, 0.25) is 0 Å². The molecule has 3 fully saturated rings. The van der Waals surface area contributed by atoms with Gasteiger partial charge in [-0.25, -0.2) is 42.5 Å².